The van der Waals surface area contributed by atoms with Gasteiger partial charge in [-0.2, -0.15) is 11.8 Å². The van der Waals surface area contributed by atoms with Crippen molar-refractivity contribution >= 4 is 53.6 Å². The normalized spacial score (nSPS) is 17.0. The molecule has 0 saturated heterocycles. The molecule has 0 bridgehead atoms. The zero-order valence-corrected chi connectivity index (χ0v) is 33.1. The van der Waals surface area contributed by atoms with E-state index < -0.39 is 41.8 Å². The third-order valence-electron chi connectivity index (χ3n) is 7.23. The van der Waals surface area contributed by atoms with Crippen LogP contribution in [0.1, 0.15) is 44.6 Å². The monoisotopic (exact) mass is 646 g/mol. The summed E-state index contributed by atoms with van der Waals surface area (Å²) in [5.41, 5.74) is 1.45. The second-order valence-corrected chi connectivity index (χ2v) is 36.4. The highest BCUT2D eigenvalue weighted by atomic mass is 32.2. The van der Waals surface area contributed by atoms with Crippen molar-refractivity contribution in [1.29, 1.82) is 0 Å². The molecule has 0 aliphatic heterocycles. The summed E-state index contributed by atoms with van der Waals surface area (Å²) in [5, 5.41) is 9.12. The van der Waals surface area contributed by atoms with Crippen LogP contribution in [0.15, 0.2) is 30.3 Å². The minimum absolute atomic E-state index is 0.283. The minimum Gasteiger partial charge on any atom is -0.455 e. The van der Waals surface area contributed by atoms with Gasteiger partial charge in [0.05, 0.1) is 0 Å². The first kappa shape index (κ1) is 37.5. The van der Waals surface area contributed by atoms with Gasteiger partial charge in [-0.15, -0.1) is 0 Å². The van der Waals surface area contributed by atoms with E-state index in [1.54, 1.807) is 0 Å². The van der Waals surface area contributed by atoms with E-state index in [9.17, 15) is 0 Å². The predicted octanol–water partition coefficient (Wildman–Crippen LogP) is 9.65. The molecule has 0 aliphatic rings. The van der Waals surface area contributed by atoms with E-state index in [0.29, 0.717) is 5.92 Å². The number of aliphatic hydroxyl groups is 1. The molecule has 0 heterocycles. The molecule has 4 nitrogen and oxygen atoms in total. The van der Waals surface area contributed by atoms with Crippen molar-refractivity contribution in [2.45, 2.75) is 128 Å². The average Bonchev–Trinajstić information content (AvgIpc) is 2.80. The van der Waals surface area contributed by atoms with Crippen LogP contribution in [0.5, 0.6) is 0 Å². The summed E-state index contributed by atoms with van der Waals surface area (Å²) in [6.07, 6.45) is 3.20. The highest BCUT2D eigenvalue weighted by Gasteiger charge is 2.46. The number of rotatable bonds is 21. The zero-order valence-electron chi connectivity index (χ0n) is 27.3. The molecule has 0 aromatic heterocycles. The molecule has 0 spiro atoms. The summed E-state index contributed by atoms with van der Waals surface area (Å²) < 4.78 is 21.7. The van der Waals surface area contributed by atoms with Crippen LogP contribution in [0.4, 0.5) is 0 Å². The highest BCUT2D eigenvalue weighted by Crippen LogP contribution is 2.38. The van der Waals surface area contributed by atoms with E-state index in [2.05, 4.69) is 103 Å². The Balaban J connectivity index is 3.19. The molecule has 39 heavy (non-hydrogen) atoms. The molecule has 1 N–H and O–H groups in total. The Morgan fingerprint density at radius 2 is 1.33 bits per heavy atom. The standard InChI is InChI=1S/C29H62O4SSi5/c1-12-23-36(6,7)32-39(11,33-37(8,9)24-22-34-21-17-20-30)26-25-38(10,31-35(3,4)5)27-28(13-2)29-18-15-14-16-19-29/h14-16,18-19,28,30H,12-13,17,20-27H2,1-11H3. The van der Waals surface area contributed by atoms with Gasteiger partial charge in [0.1, 0.15) is 0 Å². The van der Waals surface area contributed by atoms with Crippen molar-refractivity contribution in [1.82, 2.24) is 0 Å². The molecule has 0 saturated carbocycles. The first-order chi connectivity index (χ1) is 18.0. The summed E-state index contributed by atoms with van der Waals surface area (Å²) >= 11 is 1.95. The van der Waals surface area contributed by atoms with E-state index in [1.165, 1.54) is 24.1 Å². The van der Waals surface area contributed by atoms with Crippen molar-refractivity contribution in [2.24, 2.45) is 0 Å². The molecule has 0 aliphatic carbocycles. The molecule has 1 aromatic carbocycles. The molecule has 228 valence electrons. The SMILES string of the molecule is CCC[Si](C)(C)O[Si](C)(CC[Si](C)(CC(CC)c1ccccc1)O[Si](C)(C)C)O[Si](C)(C)CCSCCCO. The van der Waals surface area contributed by atoms with Crippen molar-refractivity contribution in [3.63, 3.8) is 0 Å². The lowest BCUT2D eigenvalue weighted by atomic mass is 9.99. The molecule has 1 rings (SSSR count). The molecule has 3 unspecified atom stereocenters. The fourth-order valence-electron chi connectivity index (χ4n) is 5.75. The smallest absolute Gasteiger partial charge is 0.314 e. The van der Waals surface area contributed by atoms with Crippen LogP contribution in [0.2, 0.25) is 89.1 Å². The Kier molecular flexibility index (Phi) is 16.3. The number of hydrogen-bond donors (Lipinski definition) is 1. The van der Waals surface area contributed by atoms with Crippen molar-refractivity contribution in [3.8, 4) is 0 Å². The van der Waals surface area contributed by atoms with Crippen LogP contribution in [-0.4, -0.2) is 65.0 Å². The highest BCUT2D eigenvalue weighted by molar-refractivity contribution is 7.99. The summed E-state index contributed by atoms with van der Waals surface area (Å²) in [4.78, 5) is 0. The Bertz CT molecular complexity index is 809. The molecular weight excluding hydrogens is 585 g/mol. The predicted molar refractivity (Wildman–Crippen MR) is 188 cm³/mol. The van der Waals surface area contributed by atoms with E-state index >= 15 is 0 Å². The van der Waals surface area contributed by atoms with Crippen LogP contribution in [-0.2, 0) is 12.3 Å². The maximum atomic E-state index is 9.12. The van der Waals surface area contributed by atoms with Gasteiger partial charge in [0.2, 0.25) is 0 Å². The molecule has 10 heteroatoms. The third kappa shape index (κ3) is 16.1. The summed E-state index contributed by atoms with van der Waals surface area (Å²) in [7, 11) is -9.87. The lowest BCUT2D eigenvalue weighted by Gasteiger charge is -2.43. The van der Waals surface area contributed by atoms with Crippen molar-refractivity contribution in [2.75, 3.05) is 18.1 Å². The summed E-state index contributed by atoms with van der Waals surface area (Å²) in [6, 6.07) is 16.7. The van der Waals surface area contributed by atoms with Gasteiger partial charge >= 0.3 is 8.56 Å². The van der Waals surface area contributed by atoms with Gasteiger partial charge in [-0.1, -0.05) is 50.6 Å². The van der Waals surface area contributed by atoms with Crippen LogP contribution in [0.25, 0.3) is 0 Å². The fourth-order valence-corrected chi connectivity index (χ4v) is 33.9. The summed E-state index contributed by atoms with van der Waals surface area (Å²) in [6.45, 7) is 26.4. The quantitative estimate of drug-likeness (QED) is 0.106. The first-order valence-corrected chi connectivity index (χ1v) is 31.5. The number of hydrogen-bond acceptors (Lipinski definition) is 5. The first-order valence-electron chi connectivity index (χ1n) is 15.3. The minimum atomic E-state index is -2.41. The maximum absolute atomic E-state index is 9.12. The average molecular weight is 647 g/mol. The second kappa shape index (κ2) is 17.0. The zero-order chi connectivity index (χ0) is 29.8. The topological polar surface area (TPSA) is 47.9 Å². The van der Waals surface area contributed by atoms with Gasteiger partial charge in [-0.3, -0.25) is 0 Å². The molecule has 0 amide bonds. The van der Waals surface area contributed by atoms with Gasteiger partial charge < -0.3 is 17.5 Å². The lowest BCUT2D eigenvalue weighted by molar-refractivity contribution is 0.296. The molecule has 1 aromatic rings. The third-order valence-corrected chi connectivity index (χ3v) is 28.4. The maximum Gasteiger partial charge on any atom is 0.314 e. The largest absolute Gasteiger partial charge is 0.455 e. The van der Waals surface area contributed by atoms with E-state index in [-0.39, 0.29) is 6.61 Å². The van der Waals surface area contributed by atoms with Gasteiger partial charge in [0, 0.05) is 6.61 Å². The molecular formula is C29H62O4SSi5. The number of benzene rings is 1. The fraction of sp³-hybridized carbons (Fsp3) is 0.793. The van der Waals surface area contributed by atoms with Crippen LogP contribution >= 0.6 is 11.8 Å². The van der Waals surface area contributed by atoms with Gasteiger partial charge in [0.25, 0.3) is 0 Å². The summed E-state index contributed by atoms with van der Waals surface area (Å²) in [5.74, 6) is 2.68. The van der Waals surface area contributed by atoms with Crippen molar-refractivity contribution < 1.29 is 17.5 Å². The lowest BCUT2D eigenvalue weighted by Crippen LogP contribution is -2.55. The molecule has 3 atom stereocenters. The Hall–Kier alpha value is 0.494. The Morgan fingerprint density at radius 1 is 0.744 bits per heavy atom. The van der Waals surface area contributed by atoms with E-state index in [0.717, 1.165) is 42.5 Å². The Morgan fingerprint density at radius 3 is 1.85 bits per heavy atom. The molecule has 0 fully saturated rings. The van der Waals surface area contributed by atoms with Crippen molar-refractivity contribution in [3.05, 3.63) is 35.9 Å². The van der Waals surface area contributed by atoms with E-state index in [4.69, 9.17) is 17.5 Å². The van der Waals surface area contributed by atoms with Crippen LogP contribution < -0.4 is 0 Å². The second-order valence-electron chi connectivity index (χ2n) is 13.9. The molecule has 0 radical (unpaired) electrons. The van der Waals surface area contributed by atoms with Crippen LogP contribution in [0.3, 0.4) is 0 Å². The van der Waals surface area contributed by atoms with E-state index in [1.807, 2.05) is 11.8 Å². The Labute approximate surface area is 252 Å². The van der Waals surface area contributed by atoms with Crippen LogP contribution in [0, 0.1) is 0 Å². The van der Waals surface area contributed by atoms with Gasteiger partial charge in [0.15, 0.2) is 33.3 Å². The van der Waals surface area contributed by atoms with Gasteiger partial charge in [-0.05, 0) is 125 Å². The number of thioether (sulfide) groups is 1. The number of aliphatic hydroxyl groups excluding tert-OH is 1. The van der Waals surface area contributed by atoms with Gasteiger partial charge in [-0.25, -0.2) is 0 Å².